The van der Waals surface area contributed by atoms with Crippen LogP contribution in [-0.2, 0) is 9.31 Å². The van der Waals surface area contributed by atoms with Gasteiger partial charge in [0.2, 0.25) is 0 Å². The molecule has 0 aromatic carbocycles. The lowest BCUT2D eigenvalue weighted by atomic mass is 9.89. The minimum atomic E-state index is -0.316. The molecule has 0 aliphatic carbocycles. The van der Waals surface area contributed by atoms with E-state index in [9.17, 15) is 0 Å². The number of nitrogens with zero attached hydrogens (tertiary/aromatic N) is 1. The molecule has 1 N–H and O–H groups in total. The van der Waals surface area contributed by atoms with Crippen LogP contribution in [0.25, 0.3) is 0 Å². The highest BCUT2D eigenvalue weighted by Gasteiger charge is 2.49. The Hall–Kier alpha value is -1.27. The zero-order valence-corrected chi connectivity index (χ0v) is 13.1. The minimum absolute atomic E-state index is 0.110. The highest BCUT2D eigenvalue weighted by molar-refractivity contribution is 6.51. The molecule has 2 heterocycles. The molecule has 110 valence electrons. The Labute approximate surface area is 120 Å². The molecule has 1 aromatic heterocycles. The molecule has 0 radical (unpaired) electrons. The maximum Gasteiger partial charge on any atom is 0.486 e. The van der Waals surface area contributed by atoms with Crippen molar-refractivity contribution >= 4 is 12.9 Å². The standard InChI is InChI=1S/C14H23BN2O3/c1-10(16-12-9-11(2)18-17-12)7-8-15-19-13(3,4)14(5,6)20-15/h7-10H,1-6H3,(H,16,17)/t10-/m0/s1. The fraction of sp³-hybridized carbons (Fsp3) is 0.643. The van der Waals surface area contributed by atoms with Crippen molar-refractivity contribution in [2.24, 2.45) is 0 Å². The summed E-state index contributed by atoms with van der Waals surface area (Å²) in [4.78, 5) is 0. The molecular weight excluding hydrogens is 255 g/mol. The van der Waals surface area contributed by atoms with E-state index in [-0.39, 0.29) is 24.4 Å². The highest BCUT2D eigenvalue weighted by atomic mass is 16.7. The van der Waals surface area contributed by atoms with E-state index in [1.165, 1.54) is 0 Å². The van der Waals surface area contributed by atoms with Crippen LogP contribution < -0.4 is 5.32 Å². The molecule has 0 spiro atoms. The molecule has 6 heteroatoms. The first-order valence-electron chi connectivity index (χ1n) is 6.93. The SMILES string of the molecule is Cc1cc(N[C@@H](C)C=CB2OC(C)(C)C(C)(C)O2)no1. The third-order valence-electron chi connectivity index (χ3n) is 3.83. The summed E-state index contributed by atoms with van der Waals surface area (Å²) >= 11 is 0. The smallest absolute Gasteiger partial charge is 0.400 e. The van der Waals surface area contributed by atoms with Crippen molar-refractivity contribution in [2.45, 2.75) is 58.8 Å². The molecule has 1 aliphatic rings. The molecule has 1 atom stereocenters. The first-order chi connectivity index (χ1) is 9.19. The zero-order chi connectivity index (χ0) is 15.0. The number of anilines is 1. The number of nitrogens with one attached hydrogen (secondary N) is 1. The van der Waals surface area contributed by atoms with Crippen molar-refractivity contribution in [1.82, 2.24) is 5.16 Å². The summed E-state index contributed by atoms with van der Waals surface area (Å²) < 4.78 is 16.8. The maximum absolute atomic E-state index is 5.90. The van der Waals surface area contributed by atoms with Gasteiger partial charge in [-0.15, -0.1) is 0 Å². The Morgan fingerprint density at radius 2 is 1.85 bits per heavy atom. The van der Waals surface area contributed by atoms with E-state index in [1.807, 2.05) is 59.7 Å². The monoisotopic (exact) mass is 278 g/mol. The molecule has 1 aromatic rings. The molecule has 0 amide bonds. The Balaban J connectivity index is 1.90. The Morgan fingerprint density at radius 1 is 1.25 bits per heavy atom. The van der Waals surface area contributed by atoms with Gasteiger partial charge in [0.25, 0.3) is 0 Å². The van der Waals surface area contributed by atoms with Gasteiger partial charge < -0.3 is 19.1 Å². The first kappa shape index (κ1) is 15.1. The third-order valence-corrected chi connectivity index (χ3v) is 3.83. The number of aryl methyl sites for hydroxylation is 1. The van der Waals surface area contributed by atoms with Gasteiger partial charge in [0.1, 0.15) is 5.76 Å². The molecule has 0 saturated carbocycles. The second-order valence-corrected chi connectivity index (χ2v) is 6.27. The molecule has 1 fully saturated rings. The van der Waals surface area contributed by atoms with Crippen LogP contribution in [0.15, 0.2) is 22.6 Å². The topological polar surface area (TPSA) is 56.5 Å². The normalized spacial score (nSPS) is 22.4. The lowest BCUT2D eigenvalue weighted by Crippen LogP contribution is -2.41. The van der Waals surface area contributed by atoms with E-state index < -0.39 is 0 Å². The number of aromatic nitrogens is 1. The van der Waals surface area contributed by atoms with Crippen LogP contribution in [0.4, 0.5) is 5.82 Å². The van der Waals surface area contributed by atoms with Crippen LogP contribution in [0.5, 0.6) is 0 Å². The van der Waals surface area contributed by atoms with E-state index in [1.54, 1.807) is 0 Å². The summed E-state index contributed by atoms with van der Waals surface area (Å²) in [6, 6.07) is 1.97. The molecular formula is C14H23BN2O3. The average molecular weight is 278 g/mol. The van der Waals surface area contributed by atoms with Crippen molar-refractivity contribution in [1.29, 1.82) is 0 Å². The van der Waals surface area contributed by atoms with E-state index in [0.717, 1.165) is 11.6 Å². The van der Waals surface area contributed by atoms with Crippen LogP contribution >= 0.6 is 0 Å². The highest BCUT2D eigenvalue weighted by Crippen LogP contribution is 2.36. The summed E-state index contributed by atoms with van der Waals surface area (Å²) in [6.45, 7) is 12.1. The predicted molar refractivity (Wildman–Crippen MR) is 79.5 cm³/mol. The summed E-state index contributed by atoms with van der Waals surface area (Å²) in [5.74, 6) is 3.45. The lowest BCUT2D eigenvalue weighted by molar-refractivity contribution is 0.00578. The van der Waals surface area contributed by atoms with Gasteiger partial charge in [0, 0.05) is 12.1 Å². The fourth-order valence-corrected chi connectivity index (χ4v) is 1.94. The van der Waals surface area contributed by atoms with Gasteiger partial charge >= 0.3 is 7.12 Å². The van der Waals surface area contributed by atoms with Crippen molar-refractivity contribution in [3.05, 3.63) is 23.9 Å². The molecule has 0 bridgehead atoms. The summed E-state index contributed by atoms with van der Waals surface area (Å²) in [5, 5.41) is 7.12. The summed E-state index contributed by atoms with van der Waals surface area (Å²) in [6.07, 6.45) is 2.01. The third kappa shape index (κ3) is 3.24. The number of rotatable bonds is 4. The Kier molecular flexibility index (Phi) is 3.98. The summed E-state index contributed by atoms with van der Waals surface area (Å²) in [7, 11) is -0.316. The number of hydrogen-bond acceptors (Lipinski definition) is 5. The van der Waals surface area contributed by atoms with E-state index in [4.69, 9.17) is 13.8 Å². The van der Waals surface area contributed by atoms with E-state index in [0.29, 0.717) is 0 Å². The molecule has 1 aliphatic heterocycles. The van der Waals surface area contributed by atoms with Crippen molar-refractivity contribution in [2.75, 3.05) is 5.32 Å². The lowest BCUT2D eigenvalue weighted by Gasteiger charge is -2.32. The van der Waals surface area contributed by atoms with Gasteiger partial charge in [-0.05, 0) is 41.5 Å². The number of hydrogen-bond donors (Lipinski definition) is 1. The van der Waals surface area contributed by atoms with Crippen molar-refractivity contribution in [3.8, 4) is 0 Å². The van der Waals surface area contributed by atoms with Gasteiger partial charge in [0.15, 0.2) is 5.82 Å². The van der Waals surface area contributed by atoms with Crippen molar-refractivity contribution in [3.63, 3.8) is 0 Å². The summed E-state index contributed by atoms with van der Waals surface area (Å²) in [5.41, 5.74) is -0.607. The first-order valence-corrected chi connectivity index (χ1v) is 6.93. The van der Waals surface area contributed by atoms with Gasteiger partial charge in [-0.1, -0.05) is 17.2 Å². The molecule has 2 rings (SSSR count). The van der Waals surface area contributed by atoms with Gasteiger partial charge in [-0.3, -0.25) is 0 Å². The van der Waals surface area contributed by atoms with Gasteiger partial charge in [-0.25, -0.2) is 0 Å². The Morgan fingerprint density at radius 3 is 2.35 bits per heavy atom. The largest absolute Gasteiger partial charge is 0.486 e. The van der Waals surface area contributed by atoms with Crippen molar-refractivity contribution < 1.29 is 13.8 Å². The van der Waals surface area contributed by atoms with Gasteiger partial charge in [0.05, 0.1) is 11.2 Å². The van der Waals surface area contributed by atoms with Crippen LogP contribution in [0, 0.1) is 6.92 Å². The molecule has 20 heavy (non-hydrogen) atoms. The average Bonchev–Trinajstić information content (AvgIpc) is 2.78. The second kappa shape index (κ2) is 5.26. The predicted octanol–water partition coefficient (Wildman–Crippen LogP) is 2.97. The molecule has 0 unspecified atom stereocenters. The van der Waals surface area contributed by atoms with E-state index in [2.05, 4.69) is 10.5 Å². The van der Waals surface area contributed by atoms with E-state index >= 15 is 0 Å². The minimum Gasteiger partial charge on any atom is -0.400 e. The quantitative estimate of drug-likeness (QED) is 0.858. The molecule has 5 nitrogen and oxygen atoms in total. The van der Waals surface area contributed by atoms with Crippen LogP contribution in [0.1, 0.15) is 40.4 Å². The molecule has 1 saturated heterocycles. The van der Waals surface area contributed by atoms with Crippen LogP contribution in [-0.4, -0.2) is 29.5 Å². The van der Waals surface area contributed by atoms with Crippen LogP contribution in [0.2, 0.25) is 0 Å². The zero-order valence-electron chi connectivity index (χ0n) is 13.1. The second-order valence-electron chi connectivity index (χ2n) is 6.27. The fourth-order valence-electron chi connectivity index (χ4n) is 1.94. The van der Waals surface area contributed by atoms with Gasteiger partial charge in [-0.2, -0.15) is 0 Å². The van der Waals surface area contributed by atoms with Crippen LogP contribution in [0.3, 0.4) is 0 Å². The maximum atomic E-state index is 5.90. The Bertz CT molecular complexity index is 480.